The lowest BCUT2D eigenvalue weighted by atomic mass is 10.1. The minimum atomic E-state index is 0.449. The Labute approximate surface area is 86.4 Å². The number of aromatic nitrogens is 2. The summed E-state index contributed by atoms with van der Waals surface area (Å²) < 4.78 is 2.16. The van der Waals surface area contributed by atoms with E-state index < -0.39 is 0 Å². The van der Waals surface area contributed by atoms with Gasteiger partial charge in [-0.25, -0.2) is 4.98 Å². The zero-order valence-electron chi connectivity index (χ0n) is 7.68. The number of rotatable bonds is 1. The van der Waals surface area contributed by atoms with E-state index in [1.807, 2.05) is 23.7 Å². The Morgan fingerprint density at radius 3 is 3.43 bits per heavy atom. The predicted molar refractivity (Wildman–Crippen MR) is 57.5 cm³/mol. The minimum Gasteiger partial charge on any atom is -0.348 e. The van der Waals surface area contributed by atoms with Crippen molar-refractivity contribution < 1.29 is 0 Å². The molecule has 0 radical (unpaired) electrons. The molecule has 1 unspecified atom stereocenters. The third kappa shape index (κ3) is 1.23. The van der Waals surface area contributed by atoms with Crippen LogP contribution in [0.15, 0.2) is 29.9 Å². The number of fused-ring (bicyclic) bond motifs is 1. The molecule has 3 nitrogen and oxygen atoms in total. The molecule has 0 bridgehead atoms. The molecule has 2 aromatic heterocycles. The van der Waals surface area contributed by atoms with E-state index in [0.717, 1.165) is 18.9 Å². The van der Waals surface area contributed by atoms with Gasteiger partial charge in [0, 0.05) is 23.8 Å². The van der Waals surface area contributed by atoms with Crippen LogP contribution in [0.2, 0.25) is 0 Å². The lowest BCUT2D eigenvalue weighted by Crippen LogP contribution is -2.21. The molecule has 1 aliphatic rings. The van der Waals surface area contributed by atoms with Gasteiger partial charge < -0.3 is 9.88 Å². The summed E-state index contributed by atoms with van der Waals surface area (Å²) in [5.74, 6) is 0.995. The zero-order valence-corrected chi connectivity index (χ0v) is 8.50. The molecule has 0 fully saturated rings. The van der Waals surface area contributed by atoms with Gasteiger partial charge in [0.05, 0.1) is 6.04 Å². The number of hydrogen-bond acceptors (Lipinski definition) is 3. The van der Waals surface area contributed by atoms with Crippen LogP contribution in [0.25, 0.3) is 0 Å². The fraction of sp³-hybridized carbons (Fsp3) is 0.300. The molecule has 2 aromatic rings. The molecule has 0 saturated heterocycles. The van der Waals surface area contributed by atoms with Gasteiger partial charge in [0.1, 0.15) is 0 Å². The highest BCUT2D eigenvalue weighted by Gasteiger charge is 2.19. The average molecular weight is 205 g/mol. The van der Waals surface area contributed by atoms with Gasteiger partial charge in [-0.1, -0.05) is 6.07 Å². The van der Waals surface area contributed by atoms with Crippen molar-refractivity contribution in [1.82, 2.24) is 9.55 Å². The monoisotopic (exact) mass is 205 g/mol. The average Bonchev–Trinajstić information content (AvgIpc) is 2.88. The van der Waals surface area contributed by atoms with Gasteiger partial charge in [0.25, 0.3) is 0 Å². The van der Waals surface area contributed by atoms with Crippen molar-refractivity contribution in [2.45, 2.75) is 19.0 Å². The molecule has 3 rings (SSSR count). The van der Waals surface area contributed by atoms with Crippen LogP contribution >= 0.6 is 11.3 Å². The normalized spacial score (nSPS) is 20.1. The van der Waals surface area contributed by atoms with E-state index in [1.165, 1.54) is 4.88 Å². The number of imidazole rings is 1. The van der Waals surface area contributed by atoms with E-state index in [-0.39, 0.29) is 0 Å². The van der Waals surface area contributed by atoms with E-state index in [0.29, 0.717) is 6.04 Å². The molecule has 0 aromatic carbocycles. The van der Waals surface area contributed by atoms with Gasteiger partial charge in [0.2, 0.25) is 5.95 Å². The molecule has 1 atom stereocenters. The van der Waals surface area contributed by atoms with Gasteiger partial charge in [-0.05, 0) is 17.9 Å². The summed E-state index contributed by atoms with van der Waals surface area (Å²) in [6.45, 7) is 1.06. The Balaban J connectivity index is 1.88. The van der Waals surface area contributed by atoms with Crippen molar-refractivity contribution in [3.05, 3.63) is 34.8 Å². The predicted octanol–water partition coefficient (Wildman–Crippen LogP) is 2.50. The maximum absolute atomic E-state index is 4.27. The second kappa shape index (κ2) is 3.13. The van der Waals surface area contributed by atoms with Crippen molar-refractivity contribution in [2.24, 2.45) is 0 Å². The first-order chi connectivity index (χ1) is 6.93. The van der Waals surface area contributed by atoms with Crippen molar-refractivity contribution in [3.8, 4) is 0 Å². The van der Waals surface area contributed by atoms with E-state index >= 15 is 0 Å². The van der Waals surface area contributed by atoms with E-state index in [1.54, 1.807) is 0 Å². The number of thiophene rings is 1. The molecule has 72 valence electrons. The highest BCUT2D eigenvalue weighted by Crippen LogP contribution is 2.29. The van der Waals surface area contributed by atoms with Gasteiger partial charge in [0.15, 0.2) is 0 Å². The summed E-state index contributed by atoms with van der Waals surface area (Å²) in [6.07, 6.45) is 5.01. The summed E-state index contributed by atoms with van der Waals surface area (Å²) in [7, 11) is 0. The van der Waals surface area contributed by atoms with Gasteiger partial charge in [-0.3, -0.25) is 0 Å². The van der Waals surface area contributed by atoms with E-state index in [2.05, 4.69) is 32.4 Å². The molecule has 0 aliphatic carbocycles. The fourth-order valence-electron chi connectivity index (χ4n) is 1.83. The largest absolute Gasteiger partial charge is 0.348 e. The van der Waals surface area contributed by atoms with Gasteiger partial charge >= 0.3 is 0 Å². The fourth-order valence-corrected chi connectivity index (χ4v) is 2.64. The molecule has 0 amide bonds. The SMILES string of the molecule is c1csc(C2CCn3ccnc3N2)c1. The number of anilines is 1. The first-order valence-electron chi connectivity index (χ1n) is 4.74. The first-order valence-corrected chi connectivity index (χ1v) is 5.62. The van der Waals surface area contributed by atoms with Crippen LogP contribution in [0.5, 0.6) is 0 Å². The standard InChI is InChI=1S/C10H11N3S/c1-2-9(14-7-1)8-3-5-13-6-4-11-10(13)12-8/h1-2,4,6-8H,3,5H2,(H,11,12). The third-order valence-electron chi connectivity index (χ3n) is 2.56. The maximum atomic E-state index is 4.27. The number of nitrogens with zero attached hydrogens (tertiary/aromatic N) is 2. The molecular weight excluding hydrogens is 194 g/mol. The van der Waals surface area contributed by atoms with E-state index in [9.17, 15) is 0 Å². The first kappa shape index (κ1) is 8.05. The second-order valence-corrected chi connectivity index (χ2v) is 4.42. The maximum Gasteiger partial charge on any atom is 0.203 e. The van der Waals surface area contributed by atoms with Crippen molar-refractivity contribution in [2.75, 3.05) is 5.32 Å². The Morgan fingerprint density at radius 2 is 2.57 bits per heavy atom. The summed E-state index contributed by atoms with van der Waals surface area (Å²) in [5.41, 5.74) is 0. The lowest BCUT2D eigenvalue weighted by Gasteiger charge is -2.24. The quantitative estimate of drug-likeness (QED) is 0.775. The Hall–Kier alpha value is -1.29. The second-order valence-electron chi connectivity index (χ2n) is 3.45. The smallest absolute Gasteiger partial charge is 0.203 e. The summed E-state index contributed by atoms with van der Waals surface area (Å²) in [6, 6.07) is 4.73. The minimum absolute atomic E-state index is 0.449. The van der Waals surface area contributed by atoms with Crippen LogP contribution in [0.4, 0.5) is 5.95 Å². The molecule has 1 aliphatic heterocycles. The molecular formula is C10H11N3S. The lowest BCUT2D eigenvalue weighted by molar-refractivity contribution is 0.547. The van der Waals surface area contributed by atoms with Gasteiger partial charge in [-0.15, -0.1) is 11.3 Å². The highest BCUT2D eigenvalue weighted by atomic mass is 32.1. The van der Waals surface area contributed by atoms with Crippen LogP contribution in [-0.2, 0) is 6.54 Å². The van der Waals surface area contributed by atoms with Crippen molar-refractivity contribution in [3.63, 3.8) is 0 Å². The Morgan fingerprint density at radius 1 is 1.57 bits per heavy atom. The number of hydrogen-bond donors (Lipinski definition) is 1. The van der Waals surface area contributed by atoms with Gasteiger partial charge in [-0.2, -0.15) is 0 Å². The molecule has 1 N–H and O–H groups in total. The number of nitrogens with one attached hydrogen (secondary N) is 1. The van der Waals surface area contributed by atoms with E-state index in [4.69, 9.17) is 0 Å². The van der Waals surface area contributed by atoms with Crippen LogP contribution in [0.3, 0.4) is 0 Å². The molecule has 0 spiro atoms. The number of aryl methyl sites for hydroxylation is 1. The van der Waals surface area contributed by atoms with Crippen molar-refractivity contribution in [1.29, 1.82) is 0 Å². The molecule has 0 saturated carbocycles. The summed E-state index contributed by atoms with van der Waals surface area (Å²) in [5, 5.41) is 5.56. The van der Waals surface area contributed by atoms with Crippen LogP contribution in [0, 0.1) is 0 Å². The molecule has 14 heavy (non-hydrogen) atoms. The van der Waals surface area contributed by atoms with Crippen molar-refractivity contribution >= 4 is 17.3 Å². The summed E-state index contributed by atoms with van der Waals surface area (Å²) in [4.78, 5) is 5.68. The topological polar surface area (TPSA) is 29.9 Å². The van der Waals surface area contributed by atoms with Crippen LogP contribution in [-0.4, -0.2) is 9.55 Å². The molecule has 3 heterocycles. The van der Waals surface area contributed by atoms with Crippen LogP contribution < -0.4 is 5.32 Å². The Bertz CT molecular complexity index is 418. The van der Waals surface area contributed by atoms with Crippen LogP contribution in [0.1, 0.15) is 17.3 Å². The summed E-state index contributed by atoms with van der Waals surface area (Å²) >= 11 is 1.81. The Kier molecular flexibility index (Phi) is 1.80. The third-order valence-corrected chi connectivity index (χ3v) is 3.55. The highest BCUT2D eigenvalue weighted by molar-refractivity contribution is 7.10. The zero-order chi connectivity index (χ0) is 9.38. The molecule has 4 heteroatoms.